The van der Waals surface area contributed by atoms with Crippen LogP contribution in [0.2, 0.25) is 0 Å². The van der Waals surface area contributed by atoms with Crippen LogP contribution in [0.15, 0.2) is 0 Å². The van der Waals surface area contributed by atoms with Gasteiger partial charge in [-0.25, -0.2) is 0 Å². The Hall–Kier alpha value is -0.840. The number of nitrogens with one attached hydrogen (secondary N) is 2. The first-order chi connectivity index (χ1) is 3.50. The summed E-state index contributed by atoms with van der Waals surface area (Å²) in [6.07, 6.45) is 1.15. The standard InChI is InChI=1S/C5H8N2/c1-2-6-4-5-7-3-1/h6-7H,1-3H2. The van der Waals surface area contributed by atoms with E-state index in [2.05, 4.69) is 22.7 Å². The molecule has 0 fully saturated rings. The summed E-state index contributed by atoms with van der Waals surface area (Å²) >= 11 is 0. The summed E-state index contributed by atoms with van der Waals surface area (Å²) in [4.78, 5) is 0. The first kappa shape index (κ1) is 4.32. The Balaban J connectivity index is 2.26. The molecule has 0 saturated carbocycles. The van der Waals surface area contributed by atoms with Gasteiger partial charge >= 0.3 is 0 Å². The van der Waals surface area contributed by atoms with Crippen molar-refractivity contribution < 1.29 is 0 Å². The molecule has 1 aliphatic rings. The highest BCUT2D eigenvalue weighted by atomic mass is 14.9. The Morgan fingerprint density at radius 2 is 1.57 bits per heavy atom. The predicted molar refractivity (Wildman–Crippen MR) is 28.4 cm³/mol. The average Bonchev–Trinajstić information content (AvgIpc) is 1.90. The fourth-order valence-corrected chi connectivity index (χ4v) is 0.479. The molecule has 0 aromatic rings. The van der Waals surface area contributed by atoms with Crippen molar-refractivity contribution in [3.8, 4) is 12.1 Å². The van der Waals surface area contributed by atoms with Gasteiger partial charge in [0.25, 0.3) is 0 Å². The van der Waals surface area contributed by atoms with Crippen LogP contribution in [-0.2, 0) is 0 Å². The molecule has 1 rings (SSSR count). The molecule has 1 aliphatic heterocycles. The first-order valence-electron chi connectivity index (χ1n) is 2.46. The molecule has 0 bridgehead atoms. The Morgan fingerprint density at radius 1 is 1.00 bits per heavy atom. The lowest BCUT2D eigenvalue weighted by Gasteiger charge is -1.90. The second-order valence-corrected chi connectivity index (χ2v) is 1.46. The van der Waals surface area contributed by atoms with Crippen LogP contribution in [0.25, 0.3) is 0 Å². The van der Waals surface area contributed by atoms with E-state index in [0.29, 0.717) is 0 Å². The van der Waals surface area contributed by atoms with Gasteiger partial charge in [0.15, 0.2) is 0 Å². The largest absolute Gasteiger partial charge is 0.344 e. The molecular formula is C5H8N2. The van der Waals surface area contributed by atoms with E-state index < -0.39 is 0 Å². The summed E-state index contributed by atoms with van der Waals surface area (Å²) in [5.74, 6) is 0. The summed E-state index contributed by atoms with van der Waals surface area (Å²) < 4.78 is 0. The van der Waals surface area contributed by atoms with Crippen LogP contribution in [0.1, 0.15) is 6.42 Å². The van der Waals surface area contributed by atoms with Gasteiger partial charge in [0.1, 0.15) is 0 Å². The van der Waals surface area contributed by atoms with E-state index in [4.69, 9.17) is 0 Å². The summed E-state index contributed by atoms with van der Waals surface area (Å²) in [5.41, 5.74) is 0. The summed E-state index contributed by atoms with van der Waals surface area (Å²) in [7, 11) is 0. The van der Waals surface area contributed by atoms with Crippen molar-refractivity contribution in [3.05, 3.63) is 0 Å². The molecule has 38 valence electrons. The van der Waals surface area contributed by atoms with Crippen LogP contribution in [0, 0.1) is 12.1 Å². The molecular weight excluding hydrogens is 88.1 g/mol. The molecule has 0 radical (unpaired) electrons. The normalized spacial score (nSPS) is 17.1. The molecule has 7 heavy (non-hydrogen) atoms. The second-order valence-electron chi connectivity index (χ2n) is 1.46. The second kappa shape index (κ2) is 2.35. The quantitative estimate of drug-likeness (QED) is 0.397. The van der Waals surface area contributed by atoms with Crippen LogP contribution in [0.5, 0.6) is 0 Å². The smallest absolute Gasteiger partial charge is 0.0276 e. The van der Waals surface area contributed by atoms with Gasteiger partial charge < -0.3 is 10.6 Å². The van der Waals surface area contributed by atoms with Gasteiger partial charge in [0.05, 0.1) is 0 Å². The third-order valence-corrected chi connectivity index (χ3v) is 0.843. The molecule has 0 saturated heterocycles. The van der Waals surface area contributed by atoms with E-state index in [9.17, 15) is 0 Å². The van der Waals surface area contributed by atoms with Crippen molar-refractivity contribution in [2.45, 2.75) is 6.42 Å². The highest BCUT2D eigenvalue weighted by Crippen LogP contribution is 1.72. The molecule has 1 heterocycles. The first-order valence-corrected chi connectivity index (χ1v) is 2.46. The van der Waals surface area contributed by atoms with Crippen LogP contribution >= 0.6 is 0 Å². The number of hydrogen-bond donors (Lipinski definition) is 2. The molecule has 2 heteroatoms. The monoisotopic (exact) mass is 96.1 g/mol. The number of rotatable bonds is 0. The topological polar surface area (TPSA) is 24.1 Å². The molecule has 0 spiro atoms. The minimum Gasteiger partial charge on any atom is -0.344 e. The minimum atomic E-state index is 1.01. The van der Waals surface area contributed by atoms with Gasteiger partial charge in [-0.1, -0.05) is 0 Å². The van der Waals surface area contributed by atoms with Crippen LogP contribution in [0.3, 0.4) is 0 Å². The third kappa shape index (κ3) is 1.36. The van der Waals surface area contributed by atoms with Crippen molar-refractivity contribution in [1.82, 2.24) is 10.6 Å². The maximum absolute atomic E-state index is 2.92. The Kier molecular flexibility index (Phi) is 1.45. The van der Waals surface area contributed by atoms with E-state index in [1.54, 1.807) is 0 Å². The third-order valence-electron chi connectivity index (χ3n) is 0.843. The molecule has 0 aromatic carbocycles. The van der Waals surface area contributed by atoms with E-state index in [-0.39, 0.29) is 0 Å². The summed E-state index contributed by atoms with van der Waals surface area (Å²) in [6, 6.07) is 5.47. The number of hydrogen-bond acceptors (Lipinski definition) is 2. The molecule has 0 amide bonds. The van der Waals surface area contributed by atoms with Crippen molar-refractivity contribution in [2.75, 3.05) is 13.1 Å². The molecule has 0 atom stereocenters. The minimum absolute atomic E-state index is 1.01. The zero-order chi connectivity index (χ0) is 4.95. The zero-order valence-electron chi connectivity index (χ0n) is 4.12. The zero-order valence-corrected chi connectivity index (χ0v) is 4.12. The van der Waals surface area contributed by atoms with E-state index in [1.165, 1.54) is 0 Å². The van der Waals surface area contributed by atoms with Gasteiger partial charge in [-0.15, -0.1) is 0 Å². The maximum Gasteiger partial charge on any atom is 0.0276 e. The van der Waals surface area contributed by atoms with Crippen LogP contribution in [-0.4, -0.2) is 13.1 Å². The van der Waals surface area contributed by atoms with Crippen LogP contribution < -0.4 is 10.6 Å². The predicted octanol–water partition coefficient (Wildman–Crippen LogP) is -0.512. The fourth-order valence-electron chi connectivity index (χ4n) is 0.479. The van der Waals surface area contributed by atoms with Gasteiger partial charge in [-0.2, -0.15) is 0 Å². The Morgan fingerprint density at radius 3 is 2.14 bits per heavy atom. The lowest BCUT2D eigenvalue weighted by atomic mass is 10.4. The lowest BCUT2D eigenvalue weighted by Crippen LogP contribution is -2.09. The van der Waals surface area contributed by atoms with Crippen molar-refractivity contribution in [1.29, 1.82) is 0 Å². The van der Waals surface area contributed by atoms with Crippen LogP contribution in [0.4, 0.5) is 0 Å². The summed E-state index contributed by atoms with van der Waals surface area (Å²) in [5, 5.41) is 5.85. The fraction of sp³-hybridized carbons (Fsp3) is 0.600. The van der Waals surface area contributed by atoms with Crippen molar-refractivity contribution in [2.24, 2.45) is 0 Å². The summed E-state index contributed by atoms with van der Waals surface area (Å²) in [6.45, 7) is 2.03. The van der Waals surface area contributed by atoms with Gasteiger partial charge in [-0.05, 0) is 6.42 Å². The molecule has 2 nitrogen and oxygen atoms in total. The van der Waals surface area contributed by atoms with Gasteiger partial charge in [0, 0.05) is 25.2 Å². The Labute approximate surface area is 43.3 Å². The van der Waals surface area contributed by atoms with Crippen molar-refractivity contribution >= 4 is 0 Å². The van der Waals surface area contributed by atoms with E-state index in [0.717, 1.165) is 19.5 Å². The highest BCUT2D eigenvalue weighted by Gasteiger charge is 1.84. The highest BCUT2D eigenvalue weighted by molar-refractivity contribution is 4.95. The molecule has 0 unspecified atom stereocenters. The maximum atomic E-state index is 2.92. The average molecular weight is 96.1 g/mol. The molecule has 0 aliphatic carbocycles. The van der Waals surface area contributed by atoms with Crippen molar-refractivity contribution in [3.63, 3.8) is 0 Å². The Bertz CT molecular complexity index is 88.4. The van der Waals surface area contributed by atoms with Gasteiger partial charge in [0.2, 0.25) is 0 Å². The molecule has 0 aromatic heterocycles. The van der Waals surface area contributed by atoms with Gasteiger partial charge in [-0.3, -0.25) is 0 Å². The molecule has 2 N–H and O–H groups in total. The lowest BCUT2D eigenvalue weighted by molar-refractivity contribution is 0.749. The SMILES string of the molecule is C1#CNCCCN1. The van der Waals surface area contributed by atoms with E-state index in [1.807, 2.05) is 0 Å². The van der Waals surface area contributed by atoms with E-state index >= 15 is 0 Å².